The molecule has 1 aliphatic rings. The maximum absolute atomic E-state index is 13.1. The predicted octanol–water partition coefficient (Wildman–Crippen LogP) is 4.68. The average molecular weight is 419 g/mol. The van der Waals surface area contributed by atoms with E-state index in [-0.39, 0.29) is 23.7 Å². The fourth-order valence-electron chi connectivity index (χ4n) is 3.91. The molecule has 1 aliphatic heterocycles. The van der Waals surface area contributed by atoms with Gasteiger partial charge < -0.3 is 10.2 Å². The molecule has 4 rings (SSSR count). The number of hydrogen-bond donors (Lipinski definition) is 1. The minimum Gasteiger partial charge on any atom is -0.355 e. The number of hydrogen-bond acceptors (Lipinski definition) is 4. The minimum absolute atomic E-state index is 0.00370. The number of aromatic nitrogens is 2. The fraction of sp³-hybridized carbons (Fsp3) is 0.320. The van der Waals surface area contributed by atoms with Crippen molar-refractivity contribution in [3.63, 3.8) is 0 Å². The first-order chi connectivity index (χ1) is 15.0. The van der Waals surface area contributed by atoms with Gasteiger partial charge in [-0.15, -0.1) is 10.2 Å². The van der Waals surface area contributed by atoms with E-state index in [9.17, 15) is 9.18 Å². The fourth-order valence-corrected chi connectivity index (χ4v) is 3.91. The summed E-state index contributed by atoms with van der Waals surface area (Å²) in [4.78, 5) is 14.9. The van der Waals surface area contributed by atoms with Gasteiger partial charge in [-0.1, -0.05) is 29.8 Å². The first-order valence-corrected chi connectivity index (χ1v) is 10.7. The zero-order chi connectivity index (χ0) is 21.8. The number of anilines is 1. The molecule has 1 saturated heterocycles. The number of piperidine rings is 1. The summed E-state index contributed by atoms with van der Waals surface area (Å²) < 4.78 is 13.1. The van der Waals surface area contributed by atoms with Gasteiger partial charge in [0.1, 0.15) is 5.82 Å². The van der Waals surface area contributed by atoms with Gasteiger partial charge in [-0.25, -0.2) is 4.39 Å². The van der Waals surface area contributed by atoms with Crippen LogP contribution < -0.4 is 10.2 Å². The highest BCUT2D eigenvalue weighted by atomic mass is 19.1. The van der Waals surface area contributed by atoms with E-state index in [1.807, 2.05) is 19.1 Å². The molecule has 6 heteroatoms. The third-order valence-corrected chi connectivity index (χ3v) is 5.92. The quantitative estimate of drug-likeness (QED) is 0.653. The van der Waals surface area contributed by atoms with Crippen molar-refractivity contribution in [3.05, 3.63) is 77.6 Å². The normalized spacial score (nSPS) is 15.5. The van der Waals surface area contributed by atoms with Crippen molar-refractivity contribution in [2.45, 2.75) is 32.7 Å². The van der Waals surface area contributed by atoms with Gasteiger partial charge in [0.15, 0.2) is 5.82 Å². The van der Waals surface area contributed by atoms with Crippen LogP contribution in [-0.2, 0) is 4.79 Å². The Kier molecular flexibility index (Phi) is 6.26. The molecular weight excluding hydrogens is 391 g/mol. The summed E-state index contributed by atoms with van der Waals surface area (Å²) in [5, 5.41) is 11.8. The number of nitrogens with one attached hydrogen (secondary N) is 1. The monoisotopic (exact) mass is 418 g/mol. The van der Waals surface area contributed by atoms with Crippen LogP contribution in [-0.4, -0.2) is 29.2 Å². The van der Waals surface area contributed by atoms with Gasteiger partial charge in [0, 0.05) is 24.6 Å². The van der Waals surface area contributed by atoms with E-state index in [1.165, 1.54) is 17.7 Å². The van der Waals surface area contributed by atoms with Gasteiger partial charge in [-0.2, -0.15) is 0 Å². The molecule has 0 aliphatic carbocycles. The third kappa shape index (κ3) is 5.08. The second-order valence-corrected chi connectivity index (χ2v) is 8.19. The Balaban J connectivity index is 1.31. The molecule has 0 spiro atoms. The summed E-state index contributed by atoms with van der Waals surface area (Å²) in [6.45, 7) is 5.61. The Bertz CT molecular complexity index is 1010. The molecule has 0 unspecified atom stereocenters. The van der Waals surface area contributed by atoms with Gasteiger partial charge in [0.2, 0.25) is 5.91 Å². The summed E-state index contributed by atoms with van der Waals surface area (Å²) in [5.41, 5.74) is 3.87. The molecule has 1 aromatic heterocycles. The van der Waals surface area contributed by atoms with Gasteiger partial charge >= 0.3 is 0 Å². The first kappa shape index (κ1) is 21.0. The Hall–Kier alpha value is -3.28. The molecule has 1 N–H and O–H groups in total. The molecule has 0 bridgehead atoms. The second-order valence-electron chi connectivity index (χ2n) is 8.19. The van der Waals surface area contributed by atoms with Gasteiger partial charge in [0.25, 0.3) is 0 Å². The lowest BCUT2D eigenvalue weighted by Gasteiger charge is -2.32. The molecule has 1 fully saturated rings. The maximum atomic E-state index is 13.1. The molecule has 31 heavy (non-hydrogen) atoms. The number of benzene rings is 2. The number of carbonyl (C=O) groups excluding carboxylic acids is 1. The highest BCUT2D eigenvalue weighted by molar-refractivity contribution is 5.79. The molecule has 160 valence electrons. The van der Waals surface area contributed by atoms with Crippen LogP contribution in [0.4, 0.5) is 10.2 Å². The van der Waals surface area contributed by atoms with E-state index >= 15 is 0 Å². The lowest BCUT2D eigenvalue weighted by atomic mass is 9.95. The zero-order valence-corrected chi connectivity index (χ0v) is 17.9. The van der Waals surface area contributed by atoms with Crippen LogP contribution in [0.25, 0.3) is 11.3 Å². The van der Waals surface area contributed by atoms with Crippen molar-refractivity contribution in [1.82, 2.24) is 15.5 Å². The van der Waals surface area contributed by atoms with Crippen LogP contribution in [0.5, 0.6) is 0 Å². The van der Waals surface area contributed by atoms with E-state index < -0.39 is 0 Å². The van der Waals surface area contributed by atoms with Crippen LogP contribution in [0.2, 0.25) is 0 Å². The molecule has 1 amide bonds. The smallest absolute Gasteiger partial charge is 0.223 e. The zero-order valence-electron chi connectivity index (χ0n) is 17.9. The van der Waals surface area contributed by atoms with Crippen molar-refractivity contribution in [3.8, 4) is 11.3 Å². The number of aryl methyl sites for hydroxylation is 1. The Morgan fingerprint density at radius 3 is 2.29 bits per heavy atom. The molecule has 2 heterocycles. The summed E-state index contributed by atoms with van der Waals surface area (Å²) in [6, 6.07) is 18.3. The maximum Gasteiger partial charge on any atom is 0.223 e. The summed E-state index contributed by atoms with van der Waals surface area (Å²) >= 11 is 0. The number of amides is 1. The highest BCUT2D eigenvalue weighted by Crippen LogP contribution is 2.24. The Morgan fingerprint density at radius 2 is 1.68 bits per heavy atom. The topological polar surface area (TPSA) is 58.1 Å². The lowest BCUT2D eigenvalue weighted by molar-refractivity contribution is -0.126. The van der Waals surface area contributed by atoms with Gasteiger partial charge in [-0.3, -0.25) is 4.79 Å². The Morgan fingerprint density at radius 1 is 1.00 bits per heavy atom. The largest absolute Gasteiger partial charge is 0.355 e. The van der Waals surface area contributed by atoms with Crippen molar-refractivity contribution in [2.75, 3.05) is 18.0 Å². The van der Waals surface area contributed by atoms with E-state index in [2.05, 4.69) is 51.6 Å². The third-order valence-electron chi connectivity index (χ3n) is 5.92. The highest BCUT2D eigenvalue weighted by Gasteiger charge is 2.26. The molecule has 0 radical (unpaired) electrons. The van der Waals surface area contributed by atoms with E-state index in [0.717, 1.165) is 42.9 Å². The van der Waals surface area contributed by atoms with Crippen LogP contribution in [0.15, 0.2) is 60.7 Å². The Labute approximate surface area is 182 Å². The summed E-state index contributed by atoms with van der Waals surface area (Å²) in [7, 11) is 0. The second kappa shape index (κ2) is 9.25. The van der Waals surface area contributed by atoms with Gasteiger partial charge in [0.05, 0.1) is 11.7 Å². The minimum atomic E-state index is -0.270. The van der Waals surface area contributed by atoms with Crippen LogP contribution in [0.3, 0.4) is 0 Å². The van der Waals surface area contributed by atoms with E-state index in [4.69, 9.17) is 0 Å². The molecule has 2 aromatic carbocycles. The molecule has 3 aromatic rings. The molecule has 5 nitrogen and oxygen atoms in total. The van der Waals surface area contributed by atoms with E-state index in [0.29, 0.717) is 5.69 Å². The standard InChI is InChI=1S/C25H27FN4O/c1-17-3-5-19(6-4-17)18(2)27-25(31)21-13-15-30(16-14-21)24-12-11-23(28-29-24)20-7-9-22(26)10-8-20/h3-12,18,21H,13-16H2,1-2H3,(H,27,31)/t18-/m1/s1. The predicted molar refractivity (Wildman–Crippen MR) is 120 cm³/mol. The van der Waals surface area contributed by atoms with Crippen LogP contribution in [0.1, 0.15) is 36.9 Å². The number of nitrogens with zero attached hydrogens (tertiary/aromatic N) is 3. The van der Waals surface area contributed by atoms with Gasteiger partial charge in [-0.05, 0) is 68.7 Å². The van der Waals surface area contributed by atoms with Crippen molar-refractivity contribution in [2.24, 2.45) is 5.92 Å². The molecule has 0 saturated carbocycles. The first-order valence-electron chi connectivity index (χ1n) is 10.7. The average Bonchev–Trinajstić information content (AvgIpc) is 2.80. The lowest BCUT2D eigenvalue weighted by Crippen LogP contribution is -2.41. The number of carbonyl (C=O) groups is 1. The number of rotatable bonds is 5. The summed E-state index contributed by atoms with van der Waals surface area (Å²) in [6.07, 6.45) is 1.57. The molecule has 1 atom stereocenters. The summed E-state index contributed by atoms with van der Waals surface area (Å²) in [5.74, 6) is 0.660. The van der Waals surface area contributed by atoms with Crippen molar-refractivity contribution >= 4 is 11.7 Å². The van der Waals surface area contributed by atoms with Crippen molar-refractivity contribution in [1.29, 1.82) is 0 Å². The van der Waals surface area contributed by atoms with Crippen LogP contribution >= 0.6 is 0 Å². The van der Waals surface area contributed by atoms with E-state index in [1.54, 1.807) is 12.1 Å². The SMILES string of the molecule is Cc1ccc([C@@H](C)NC(=O)C2CCN(c3ccc(-c4ccc(F)cc4)nn3)CC2)cc1. The van der Waals surface area contributed by atoms with Crippen molar-refractivity contribution < 1.29 is 9.18 Å². The molecular formula is C25H27FN4O. The number of halogens is 1. The van der Waals surface area contributed by atoms with Crippen LogP contribution in [0, 0.1) is 18.7 Å².